The lowest BCUT2D eigenvalue weighted by Gasteiger charge is -2.22. The van der Waals surface area contributed by atoms with E-state index in [0.717, 1.165) is 25.7 Å². The van der Waals surface area contributed by atoms with Crippen LogP contribution in [0, 0.1) is 5.82 Å². The zero-order valence-corrected chi connectivity index (χ0v) is 13.1. The molecule has 1 aliphatic rings. The highest BCUT2D eigenvalue weighted by atomic mass is 19.1. The van der Waals surface area contributed by atoms with Crippen molar-refractivity contribution in [3.63, 3.8) is 0 Å². The van der Waals surface area contributed by atoms with Gasteiger partial charge >= 0.3 is 0 Å². The maximum atomic E-state index is 12.7. The third-order valence-corrected chi connectivity index (χ3v) is 3.82. The summed E-state index contributed by atoms with van der Waals surface area (Å²) >= 11 is 0. The molecule has 6 heteroatoms. The molecule has 0 unspecified atom stereocenters. The van der Waals surface area contributed by atoms with Crippen molar-refractivity contribution in [2.45, 2.75) is 51.0 Å². The number of carbonyl (C=O) groups is 2. The predicted molar refractivity (Wildman–Crippen MR) is 86.4 cm³/mol. The Morgan fingerprint density at radius 1 is 1.09 bits per heavy atom. The molecule has 0 spiro atoms. The number of hydrogen-bond acceptors (Lipinski definition) is 3. The molecule has 0 aliphatic heterocycles. The summed E-state index contributed by atoms with van der Waals surface area (Å²) in [4.78, 5) is 23.4. The van der Waals surface area contributed by atoms with Crippen LogP contribution in [0.2, 0.25) is 0 Å². The monoisotopic (exact) mass is 319 g/mol. The first-order chi connectivity index (χ1) is 11.1. The number of nitrogens with one attached hydrogen (secondary N) is 2. The molecule has 0 saturated heterocycles. The molecule has 5 nitrogen and oxygen atoms in total. The van der Waals surface area contributed by atoms with Crippen molar-refractivity contribution in [3.8, 4) is 0 Å². The number of hydrazone groups is 1. The van der Waals surface area contributed by atoms with Crippen LogP contribution >= 0.6 is 0 Å². The zero-order chi connectivity index (χ0) is 16.5. The summed E-state index contributed by atoms with van der Waals surface area (Å²) in [5.74, 6) is -0.730. The Hall–Kier alpha value is -2.24. The van der Waals surface area contributed by atoms with Gasteiger partial charge in [0.25, 0.3) is 0 Å². The quantitative estimate of drug-likeness (QED) is 0.625. The SMILES string of the molecule is O=C(CCC(=O)NC1CCCCC1)NN=Cc1ccc(F)cc1. The van der Waals surface area contributed by atoms with Crippen LogP contribution in [0.25, 0.3) is 0 Å². The fourth-order valence-corrected chi connectivity index (χ4v) is 2.56. The topological polar surface area (TPSA) is 70.6 Å². The van der Waals surface area contributed by atoms with Gasteiger partial charge < -0.3 is 5.32 Å². The van der Waals surface area contributed by atoms with Crippen LogP contribution in [0.5, 0.6) is 0 Å². The van der Waals surface area contributed by atoms with E-state index < -0.39 is 0 Å². The Labute approximate surface area is 135 Å². The van der Waals surface area contributed by atoms with Gasteiger partial charge in [-0.3, -0.25) is 9.59 Å². The fourth-order valence-electron chi connectivity index (χ4n) is 2.56. The van der Waals surface area contributed by atoms with Crippen LogP contribution in [0.4, 0.5) is 4.39 Å². The van der Waals surface area contributed by atoms with Gasteiger partial charge in [0.2, 0.25) is 11.8 Å². The number of nitrogens with zero attached hydrogens (tertiary/aromatic N) is 1. The van der Waals surface area contributed by atoms with Gasteiger partial charge in [-0.1, -0.05) is 31.4 Å². The standard InChI is InChI=1S/C17H22FN3O2/c18-14-8-6-13(7-9-14)12-19-21-17(23)11-10-16(22)20-15-4-2-1-3-5-15/h6-9,12,15H,1-5,10-11H2,(H,20,22)(H,21,23). The van der Waals surface area contributed by atoms with E-state index in [1.54, 1.807) is 12.1 Å². The minimum atomic E-state index is -0.324. The lowest BCUT2D eigenvalue weighted by Crippen LogP contribution is -2.36. The van der Waals surface area contributed by atoms with Crippen LogP contribution < -0.4 is 10.7 Å². The van der Waals surface area contributed by atoms with Gasteiger partial charge in [0.05, 0.1) is 6.21 Å². The molecule has 0 heterocycles. The summed E-state index contributed by atoms with van der Waals surface area (Å²) in [6, 6.07) is 6.01. The van der Waals surface area contributed by atoms with Crippen molar-refractivity contribution in [1.82, 2.24) is 10.7 Å². The number of amides is 2. The molecule has 1 aliphatic carbocycles. The van der Waals surface area contributed by atoms with E-state index >= 15 is 0 Å². The number of carbonyl (C=O) groups excluding carboxylic acids is 2. The highest BCUT2D eigenvalue weighted by Crippen LogP contribution is 2.17. The number of halogens is 1. The van der Waals surface area contributed by atoms with Crippen molar-refractivity contribution in [3.05, 3.63) is 35.6 Å². The first-order valence-electron chi connectivity index (χ1n) is 8.00. The van der Waals surface area contributed by atoms with Gasteiger partial charge in [0.15, 0.2) is 0 Å². The van der Waals surface area contributed by atoms with Gasteiger partial charge in [-0.25, -0.2) is 9.82 Å². The summed E-state index contributed by atoms with van der Waals surface area (Å²) in [6.07, 6.45) is 7.29. The Bertz CT molecular complexity index is 551. The first kappa shape index (κ1) is 17.1. The van der Waals surface area contributed by atoms with Crippen molar-refractivity contribution in [1.29, 1.82) is 0 Å². The van der Waals surface area contributed by atoms with E-state index in [2.05, 4.69) is 15.8 Å². The molecule has 2 rings (SSSR count). The Morgan fingerprint density at radius 3 is 2.43 bits per heavy atom. The van der Waals surface area contributed by atoms with Gasteiger partial charge in [-0.2, -0.15) is 5.10 Å². The van der Waals surface area contributed by atoms with Crippen LogP contribution in [0.15, 0.2) is 29.4 Å². The van der Waals surface area contributed by atoms with E-state index in [9.17, 15) is 14.0 Å². The van der Waals surface area contributed by atoms with E-state index in [-0.39, 0.29) is 36.5 Å². The Kier molecular flexibility index (Phi) is 6.72. The highest BCUT2D eigenvalue weighted by Gasteiger charge is 2.15. The van der Waals surface area contributed by atoms with Gasteiger partial charge in [0, 0.05) is 18.9 Å². The van der Waals surface area contributed by atoms with Crippen LogP contribution in [0.3, 0.4) is 0 Å². The second-order valence-electron chi connectivity index (χ2n) is 5.75. The predicted octanol–water partition coefficient (Wildman–Crippen LogP) is 2.50. The molecule has 0 aromatic heterocycles. The second kappa shape index (κ2) is 9.02. The molecule has 0 atom stereocenters. The summed E-state index contributed by atoms with van der Waals surface area (Å²) in [5, 5.41) is 6.75. The maximum absolute atomic E-state index is 12.7. The molecular formula is C17H22FN3O2. The molecule has 0 bridgehead atoms. The summed E-state index contributed by atoms with van der Waals surface area (Å²) < 4.78 is 12.7. The van der Waals surface area contributed by atoms with Crippen molar-refractivity contribution in [2.24, 2.45) is 5.10 Å². The molecule has 2 N–H and O–H groups in total. The van der Waals surface area contributed by atoms with Crippen LogP contribution in [-0.4, -0.2) is 24.1 Å². The van der Waals surface area contributed by atoms with Gasteiger partial charge in [0.1, 0.15) is 5.82 Å². The largest absolute Gasteiger partial charge is 0.353 e. The van der Waals surface area contributed by atoms with Gasteiger partial charge in [-0.05, 0) is 30.5 Å². The summed E-state index contributed by atoms with van der Waals surface area (Å²) in [6.45, 7) is 0. The van der Waals surface area contributed by atoms with E-state index in [4.69, 9.17) is 0 Å². The van der Waals surface area contributed by atoms with Crippen molar-refractivity contribution >= 4 is 18.0 Å². The number of hydrogen-bond donors (Lipinski definition) is 2. The molecule has 1 aromatic carbocycles. The minimum absolute atomic E-state index is 0.0884. The molecular weight excluding hydrogens is 297 g/mol. The molecule has 1 fully saturated rings. The number of benzene rings is 1. The average Bonchev–Trinajstić information content (AvgIpc) is 2.56. The fraction of sp³-hybridized carbons (Fsp3) is 0.471. The molecule has 2 amide bonds. The van der Waals surface area contributed by atoms with E-state index in [1.165, 1.54) is 24.8 Å². The van der Waals surface area contributed by atoms with Crippen molar-refractivity contribution < 1.29 is 14.0 Å². The van der Waals surface area contributed by atoms with Crippen molar-refractivity contribution in [2.75, 3.05) is 0 Å². The highest BCUT2D eigenvalue weighted by molar-refractivity contribution is 5.85. The smallest absolute Gasteiger partial charge is 0.240 e. The Morgan fingerprint density at radius 2 is 1.74 bits per heavy atom. The van der Waals surface area contributed by atoms with Crippen LogP contribution in [-0.2, 0) is 9.59 Å². The van der Waals surface area contributed by atoms with Crippen LogP contribution in [0.1, 0.15) is 50.5 Å². The normalized spacial score (nSPS) is 15.5. The average molecular weight is 319 g/mol. The molecule has 23 heavy (non-hydrogen) atoms. The number of rotatable bonds is 6. The molecule has 124 valence electrons. The molecule has 0 radical (unpaired) electrons. The molecule has 1 saturated carbocycles. The minimum Gasteiger partial charge on any atom is -0.353 e. The summed E-state index contributed by atoms with van der Waals surface area (Å²) in [7, 11) is 0. The first-order valence-corrected chi connectivity index (χ1v) is 8.00. The van der Waals surface area contributed by atoms with E-state index in [0.29, 0.717) is 5.56 Å². The summed E-state index contributed by atoms with van der Waals surface area (Å²) in [5.41, 5.74) is 3.04. The lowest BCUT2D eigenvalue weighted by molar-refractivity contribution is -0.126. The van der Waals surface area contributed by atoms with E-state index in [1.807, 2.05) is 0 Å². The lowest BCUT2D eigenvalue weighted by atomic mass is 9.95. The van der Waals surface area contributed by atoms with Gasteiger partial charge in [-0.15, -0.1) is 0 Å². The second-order valence-corrected chi connectivity index (χ2v) is 5.75. The third-order valence-electron chi connectivity index (χ3n) is 3.82. The third kappa shape index (κ3) is 6.59. The molecule has 1 aromatic rings. The maximum Gasteiger partial charge on any atom is 0.240 e. The Balaban J connectivity index is 1.64. The zero-order valence-electron chi connectivity index (χ0n) is 13.1.